The Kier molecular flexibility index (Phi) is 20.0. The lowest BCUT2D eigenvalue weighted by Crippen LogP contribution is -2.46. The highest BCUT2D eigenvalue weighted by molar-refractivity contribution is 6.33. The predicted molar refractivity (Wildman–Crippen MR) is 283 cm³/mol. The molecule has 4 saturated carbocycles. The molecule has 22 heteroatoms. The number of fused-ring (bicyclic) bond motifs is 8. The highest BCUT2D eigenvalue weighted by Gasteiger charge is 2.42. The lowest BCUT2D eigenvalue weighted by atomic mass is 9.77. The van der Waals surface area contributed by atoms with E-state index in [0.717, 1.165) is 104 Å². The van der Waals surface area contributed by atoms with Gasteiger partial charge in [-0.25, -0.2) is 19.8 Å². The van der Waals surface area contributed by atoms with Gasteiger partial charge < -0.3 is 57.8 Å². The largest absolute Gasteiger partial charge is 0.489 e. The van der Waals surface area contributed by atoms with E-state index in [0.29, 0.717) is 104 Å². The van der Waals surface area contributed by atoms with Gasteiger partial charge in [0.15, 0.2) is 21.8 Å². The average Bonchev–Trinajstić information content (AvgIpc) is 3.40. The molecule has 19 nitrogen and oxygen atoms in total. The van der Waals surface area contributed by atoms with Gasteiger partial charge in [0, 0.05) is 47.3 Å². The van der Waals surface area contributed by atoms with Crippen LogP contribution in [-0.4, -0.2) is 134 Å². The molecule has 4 aromatic rings. The van der Waals surface area contributed by atoms with Crippen molar-refractivity contribution in [2.75, 3.05) is 79.5 Å². The van der Waals surface area contributed by atoms with Crippen LogP contribution in [0.4, 0.5) is 17.2 Å². The Morgan fingerprint density at radius 3 is 1.22 bits per heavy atom. The topological polar surface area (TPSA) is 206 Å². The van der Waals surface area contributed by atoms with Crippen LogP contribution in [0, 0.1) is 53.9 Å². The first kappa shape index (κ1) is 56.0. The van der Waals surface area contributed by atoms with E-state index in [1.165, 1.54) is 44.7 Å². The second-order valence-corrected chi connectivity index (χ2v) is 21.8. The maximum Gasteiger partial charge on any atom is 0.262 e. The molecule has 7 heterocycles. The van der Waals surface area contributed by atoms with E-state index >= 15 is 0 Å². The van der Waals surface area contributed by atoms with Crippen LogP contribution in [0.3, 0.4) is 0 Å². The van der Waals surface area contributed by atoms with Crippen molar-refractivity contribution in [3.8, 4) is 34.9 Å². The number of aliphatic hydroxyl groups is 1. The minimum absolute atomic E-state index is 0.0532. The lowest BCUT2D eigenvalue weighted by molar-refractivity contribution is -0.102. The molecule has 412 valence electrons. The van der Waals surface area contributed by atoms with Crippen molar-refractivity contribution in [3.63, 3.8) is 0 Å². The third kappa shape index (κ3) is 13.5. The van der Waals surface area contributed by atoms with Crippen molar-refractivity contribution < 1.29 is 52.5 Å². The minimum atomic E-state index is -0.0532. The van der Waals surface area contributed by atoms with Crippen molar-refractivity contribution in [1.82, 2.24) is 29.9 Å². The first-order valence-corrected chi connectivity index (χ1v) is 27.7. The zero-order valence-corrected chi connectivity index (χ0v) is 45.6. The van der Waals surface area contributed by atoms with Gasteiger partial charge in [0.05, 0.1) is 97.6 Å². The van der Waals surface area contributed by atoms with Gasteiger partial charge in [-0.1, -0.05) is 66.6 Å². The van der Waals surface area contributed by atoms with E-state index in [2.05, 4.69) is 40.1 Å². The minimum Gasteiger partial charge on any atom is -0.489 e. The molecule has 8 fully saturated rings. The van der Waals surface area contributed by atoms with Gasteiger partial charge in [-0.2, -0.15) is 15.0 Å². The molecule has 8 aliphatic rings. The molecule has 8 bridgehead atoms. The normalized spacial score (nSPS) is 29.8. The van der Waals surface area contributed by atoms with Crippen LogP contribution in [0.15, 0.2) is 37.2 Å². The number of rotatable bonds is 11. The Morgan fingerprint density at radius 1 is 0.513 bits per heavy atom. The average molecular weight is 1110 g/mol. The summed E-state index contributed by atoms with van der Waals surface area (Å²) in [5.41, 5.74) is 1.10. The van der Waals surface area contributed by atoms with E-state index in [1.54, 1.807) is 39.5 Å². The quantitative estimate of drug-likeness (QED) is 0.106. The fourth-order valence-electron chi connectivity index (χ4n) is 12.0. The number of nitrogens with one attached hydrogen (secondary N) is 1. The number of anilines is 2. The second kappa shape index (κ2) is 27.2. The summed E-state index contributed by atoms with van der Waals surface area (Å²) in [6.07, 6.45) is 18.6. The summed E-state index contributed by atoms with van der Waals surface area (Å²) in [4.78, 5) is 28.1. The summed E-state index contributed by atoms with van der Waals surface area (Å²) in [7, 11) is 4.65. The van der Waals surface area contributed by atoms with Crippen LogP contribution in [-0.2, 0) is 18.9 Å². The molecule has 12 rings (SSSR count). The van der Waals surface area contributed by atoms with E-state index in [1.807, 2.05) is 0 Å². The summed E-state index contributed by atoms with van der Waals surface area (Å²) >= 11 is 18.3. The van der Waals surface area contributed by atoms with Gasteiger partial charge in [0.2, 0.25) is 17.2 Å². The van der Waals surface area contributed by atoms with Gasteiger partial charge in [-0.3, -0.25) is 0 Å². The predicted octanol–water partition coefficient (Wildman–Crippen LogP) is 10.1. The standard InChI is InChI=1S/C20H21ClN4O3.2C13H17ClN2O3.C8H14O2/c1-22-14-6-7-16(15(21)8-14)25-19-18(26-2)20(24-11-23-19)28-17-12-4-3-5-13(17)10-27-9-12;2*1-17-11-12(14)15-7-16-13(11)19-10-8-3-2-4-9(10)6-18-5-8;9-8-6-2-1-3-7(8)5-10-4-6/h6-8,11-13,17H,3-5,9-10H2,2H3,(H,23,24,25);2*7-10H,2-6H2,1H3;6-9H,1-5H2. The number of aromatic nitrogens is 6. The summed E-state index contributed by atoms with van der Waals surface area (Å²) in [6.45, 7) is 13.2. The first-order chi connectivity index (χ1) is 37.2. The van der Waals surface area contributed by atoms with Gasteiger partial charge in [-0.05, 0) is 63.5 Å². The third-order valence-corrected chi connectivity index (χ3v) is 16.8. The van der Waals surface area contributed by atoms with Crippen LogP contribution in [0.2, 0.25) is 15.3 Å². The Hall–Kier alpha value is -4.78. The molecule has 1 aromatic carbocycles. The Bertz CT molecular complexity index is 2400. The zero-order chi connectivity index (χ0) is 53.0. The summed E-state index contributed by atoms with van der Waals surface area (Å²) in [5, 5.41) is 13.8. The maximum atomic E-state index is 9.61. The molecular weight excluding hydrogens is 1040 g/mol. The summed E-state index contributed by atoms with van der Waals surface area (Å²) < 4.78 is 56.8. The number of methoxy groups -OCH3 is 3. The van der Waals surface area contributed by atoms with Crippen LogP contribution in [0.5, 0.6) is 34.9 Å². The number of ether oxygens (including phenoxy) is 10. The fraction of sp³-hybridized carbons (Fsp3) is 0.648. The summed E-state index contributed by atoms with van der Waals surface area (Å²) in [5.74, 6) is 6.39. The van der Waals surface area contributed by atoms with Gasteiger partial charge in [0.1, 0.15) is 37.3 Å². The molecule has 4 aliphatic heterocycles. The lowest BCUT2D eigenvalue weighted by Gasteiger charge is -2.41. The number of benzene rings is 1. The molecule has 0 amide bonds. The van der Waals surface area contributed by atoms with Crippen molar-refractivity contribution in [3.05, 3.63) is 63.9 Å². The van der Waals surface area contributed by atoms with Crippen LogP contribution < -0.4 is 33.7 Å². The SMILES string of the molecule is COc1c(Cl)ncnc1OC1C2CCCC1COC2.COc1c(Cl)ncnc1OC1C2CCCC1COC2.OC1C2CCCC1COC2.[C-]#[N+]c1ccc(Nc2ncnc(OC3C4CCCC3COC4)c2OC)c(Cl)c1. The zero-order valence-electron chi connectivity index (χ0n) is 43.3. The number of aliphatic hydroxyl groups excluding tert-OH is 1. The maximum absolute atomic E-state index is 9.61. The van der Waals surface area contributed by atoms with Crippen molar-refractivity contribution >= 4 is 52.0 Å². The van der Waals surface area contributed by atoms with Crippen molar-refractivity contribution in [1.29, 1.82) is 0 Å². The van der Waals surface area contributed by atoms with Gasteiger partial charge in [0.25, 0.3) is 17.6 Å². The van der Waals surface area contributed by atoms with E-state index in [-0.39, 0.29) is 34.7 Å². The third-order valence-electron chi connectivity index (χ3n) is 15.9. The highest BCUT2D eigenvalue weighted by Crippen LogP contribution is 2.43. The van der Waals surface area contributed by atoms with Crippen LogP contribution >= 0.6 is 34.8 Å². The molecule has 2 N–H and O–H groups in total. The molecule has 76 heavy (non-hydrogen) atoms. The Labute approximate surface area is 459 Å². The molecular formula is C54H69Cl3N8O11. The summed E-state index contributed by atoms with van der Waals surface area (Å²) in [6, 6.07) is 5.03. The molecule has 8 atom stereocenters. The van der Waals surface area contributed by atoms with Gasteiger partial charge >= 0.3 is 0 Å². The number of nitrogens with zero attached hydrogens (tertiary/aromatic N) is 7. The number of halogens is 3. The molecule has 0 radical (unpaired) electrons. The number of hydrogen-bond acceptors (Lipinski definition) is 18. The second-order valence-electron chi connectivity index (χ2n) is 20.7. The van der Waals surface area contributed by atoms with E-state index < -0.39 is 0 Å². The highest BCUT2D eigenvalue weighted by atomic mass is 35.5. The van der Waals surface area contributed by atoms with Gasteiger partial charge in [-0.15, -0.1) is 0 Å². The fourth-order valence-corrected chi connectivity index (χ4v) is 12.6. The smallest absolute Gasteiger partial charge is 0.262 e. The number of hydrogen-bond donors (Lipinski definition) is 2. The molecule has 8 unspecified atom stereocenters. The molecule has 3 aromatic heterocycles. The van der Waals surface area contributed by atoms with Crippen LogP contribution in [0.25, 0.3) is 4.85 Å². The van der Waals surface area contributed by atoms with Crippen molar-refractivity contribution in [2.45, 2.75) is 101 Å². The Balaban J connectivity index is 0.000000130. The van der Waals surface area contributed by atoms with E-state index in [9.17, 15) is 5.11 Å². The molecule has 0 spiro atoms. The Morgan fingerprint density at radius 2 is 0.868 bits per heavy atom. The molecule has 4 saturated heterocycles. The van der Waals surface area contributed by atoms with E-state index in [4.69, 9.17) is 88.7 Å². The first-order valence-electron chi connectivity index (χ1n) is 26.6. The van der Waals surface area contributed by atoms with Crippen molar-refractivity contribution in [2.24, 2.45) is 47.3 Å². The molecule has 4 aliphatic carbocycles. The van der Waals surface area contributed by atoms with Crippen LogP contribution in [0.1, 0.15) is 77.0 Å². The monoisotopic (exact) mass is 1110 g/mol.